The Hall–Kier alpha value is -2.83. The van der Waals surface area contributed by atoms with Crippen molar-refractivity contribution >= 4 is 33.2 Å². The zero-order valence-corrected chi connectivity index (χ0v) is 19.1. The highest BCUT2D eigenvalue weighted by atomic mass is 35.5. The largest absolute Gasteiger partial charge is 0.350 e. The molecule has 0 spiro atoms. The Balaban J connectivity index is 1.85. The van der Waals surface area contributed by atoms with Crippen molar-refractivity contribution in [2.75, 3.05) is 10.8 Å². The number of amides is 1. The zero-order chi connectivity index (χ0) is 22.4. The number of hydrogen-bond donors (Lipinski definition) is 1. The van der Waals surface area contributed by atoms with E-state index in [-0.39, 0.29) is 18.0 Å². The molecule has 0 bridgehead atoms. The first-order valence-electron chi connectivity index (χ1n) is 9.99. The Morgan fingerprint density at radius 1 is 0.903 bits per heavy atom. The lowest BCUT2D eigenvalue weighted by Gasteiger charge is -2.24. The van der Waals surface area contributed by atoms with Crippen LogP contribution in [0.15, 0.2) is 77.7 Å². The van der Waals surface area contributed by atoms with Gasteiger partial charge >= 0.3 is 0 Å². The van der Waals surface area contributed by atoms with Gasteiger partial charge in [-0.1, -0.05) is 60.5 Å². The van der Waals surface area contributed by atoms with Gasteiger partial charge in [0.05, 0.1) is 10.6 Å². The van der Waals surface area contributed by atoms with Crippen LogP contribution >= 0.6 is 11.6 Å². The zero-order valence-electron chi connectivity index (χ0n) is 17.5. The third kappa shape index (κ3) is 5.87. The molecule has 1 N–H and O–H groups in total. The molecule has 3 aromatic rings. The van der Waals surface area contributed by atoms with Gasteiger partial charge in [0.2, 0.25) is 5.91 Å². The fourth-order valence-electron chi connectivity index (χ4n) is 3.04. The second kappa shape index (κ2) is 9.98. The van der Waals surface area contributed by atoms with Gasteiger partial charge in [-0.2, -0.15) is 0 Å². The number of nitrogens with one attached hydrogen (secondary N) is 1. The van der Waals surface area contributed by atoms with Gasteiger partial charge < -0.3 is 5.32 Å². The number of hydrogen-bond acceptors (Lipinski definition) is 3. The first-order chi connectivity index (χ1) is 14.8. The van der Waals surface area contributed by atoms with E-state index in [1.165, 1.54) is 0 Å². The van der Waals surface area contributed by atoms with Gasteiger partial charge in [0.25, 0.3) is 10.0 Å². The summed E-state index contributed by atoms with van der Waals surface area (Å²) in [6, 6.07) is 20.9. The monoisotopic (exact) mass is 456 g/mol. The van der Waals surface area contributed by atoms with E-state index in [1.54, 1.807) is 48.5 Å². The highest BCUT2D eigenvalue weighted by molar-refractivity contribution is 7.92. The summed E-state index contributed by atoms with van der Waals surface area (Å²) in [4.78, 5) is 12.8. The Bertz CT molecular complexity index is 1130. The summed E-state index contributed by atoms with van der Waals surface area (Å²) in [5, 5.41) is 3.40. The molecule has 5 nitrogen and oxygen atoms in total. The van der Waals surface area contributed by atoms with Gasteiger partial charge in [-0.15, -0.1) is 0 Å². The van der Waals surface area contributed by atoms with Crippen molar-refractivity contribution in [2.24, 2.45) is 0 Å². The van der Waals surface area contributed by atoms with E-state index in [0.29, 0.717) is 10.7 Å². The lowest BCUT2D eigenvalue weighted by atomic mass is 10.1. The number of halogens is 1. The second-order valence-electron chi connectivity index (χ2n) is 7.25. The number of nitrogens with zero attached hydrogens (tertiary/aromatic N) is 1. The molecular formula is C24H25ClN2O3S. The van der Waals surface area contributed by atoms with Gasteiger partial charge in [0, 0.05) is 11.6 Å². The van der Waals surface area contributed by atoms with Crippen LogP contribution in [-0.2, 0) is 27.8 Å². The Kier molecular flexibility index (Phi) is 7.36. The topological polar surface area (TPSA) is 66.5 Å². The van der Waals surface area contributed by atoms with Crippen molar-refractivity contribution < 1.29 is 13.2 Å². The summed E-state index contributed by atoms with van der Waals surface area (Å²) in [6.45, 7) is 3.88. The number of aryl methyl sites for hydroxylation is 2. The van der Waals surface area contributed by atoms with Crippen LogP contribution in [0.5, 0.6) is 0 Å². The average Bonchev–Trinajstić information content (AvgIpc) is 2.77. The fourth-order valence-corrected chi connectivity index (χ4v) is 4.59. The summed E-state index contributed by atoms with van der Waals surface area (Å²) >= 11 is 5.89. The number of sulfonamides is 1. The van der Waals surface area contributed by atoms with Crippen molar-refractivity contribution in [3.05, 3.63) is 94.5 Å². The smallest absolute Gasteiger partial charge is 0.264 e. The molecule has 0 heterocycles. The van der Waals surface area contributed by atoms with Crippen LogP contribution in [0.25, 0.3) is 0 Å². The fraction of sp³-hybridized carbons (Fsp3) is 0.208. The molecule has 3 rings (SSSR count). The molecule has 0 saturated heterocycles. The SMILES string of the molecule is CCc1ccc(N(CC(=O)NCc2ccc(Cl)cc2)S(=O)(=O)c2ccc(C)cc2)cc1. The summed E-state index contributed by atoms with van der Waals surface area (Å²) in [5.41, 5.74) is 3.36. The number of rotatable bonds is 8. The van der Waals surface area contributed by atoms with Crippen LogP contribution in [0, 0.1) is 6.92 Å². The maximum atomic E-state index is 13.4. The molecule has 7 heteroatoms. The van der Waals surface area contributed by atoms with Crippen molar-refractivity contribution in [1.82, 2.24) is 5.32 Å². The minimum absolute atomic E-state index is 0.142. The summed E-state index contributed by atoms with van der Waals surface area (Å²) in [6.07, 6.45) is 0.840. The standard InChI is InChI=1S/C24H25ClN2O3S/c1-3-19-8-12-22(13-9-19)27(31(29,30)23-14-4-18(2)5-15-23)17-24(28)26-16-20-6-10-21(25)11-7-20/h4-15H,3,16-17H2,1-2H3,(H,26,28). The molecule has 1 amide bonds. The number of carbonyl (C=O) groups is 1. The second-order valence-corrected chi connectivity index (χ2v) is 9.55. The first-order valence-corrected chi connectivity index (χ1v) is 11.8. The van der Waals surface area contributed by atoms with Crippen molar-refractivity contribution in [1.29, 1.82) is 0 Å². The van der Waals surface area contributed by atoms with Gasteiger partial charge in [0.1, 0.15) is 6.54 Å². The van der Waals surface area contributed by atoms with Crippen molar-refractivity contribution in [3.8, 4) is 0 Å². The van der Waals surface area contributed by atoms with E-state index in [0.717, 1.165) is 27.4 Å². The van der Waals surface area contributed by atoms with E-state index in [1.807, 2.05) is 38.1 Å². The maximum Gasteiger partial charge on any atom is 0.264 e. The lowest BCUT2D eigenvalue weighted by molar-refractivity contribution is -0.119. The molecule has 0 aromatic heterocycles. The molecule has 0 radical (unpaired) electrons. The molecule has 0 aliphatic heterocycles. The minimum atomic E-state index is -3.92. The molecule has 0 fully saturated rings. The van der Waals surface area contributed by atoms with Crippen molar-refractivity contribution in [3.63, 3.8) is 0 Å². The summed E-state index contributed by atoms with van der Waals surface area (Å²) in [7, 11) is -3.92. The molecule has 3 aromatic carbocycles. The van der Waals surface area contributed by atoms with Crippen LogP contribution in [0.1, 0.15) is 23.6 Å². The molecule has 0 atom stereocenters. The molecule has 31 heavy (non-hydrogen) atoms. The maximum absolute atomic E-state index is 13.4. The Labute approximate surface area is 188 Å². The van der Waals surface area contributed by atoms with Crippen LogP contribution < -0.4 is 9.62 Å². The van der Waals surface area contributed by atoms with Gasteiger partial charge in [-0.05, 0) is 60.9 Å². The van der Waals surface area contributed by atoms with Gasteiger partial charge in [-0.25, -0.2) is 8.42 Å². The highest BCUT2D eigenvalue weighted by Gasteiger charge is 2.27. The van der Waals surface area contributed by atoms with E-state index in [4.69, 9.17) is 11.6 Å². The van der Waals surface area contributed by atoms with E-state index >= 15 is 0 Å². The highest BCUT2D eigenvalue weighted by Crippen LogP contribution is 2.24. The van der Waals surface area contributed by atoms with Gasteiger partial charge in [-0.3, -0.25) is 9.10 Å². The summed E-state index contributed by atoms with van der Waals surface area (Å²) in [5.74, 6) is -0.398. The Morgan fingerprint density at radius 2 is 1.48 bits per heavy atom. The summed E-state index contributed by atoms with van der Waals surface area (Å²) < 4.78 is 27.9. The molecule has 0 aliphatic carbocycles. The Morgan fingerprint density at radius 3 is 2.06 bits per heavy atom. The average molecular weight is 457 g/mol. The molecule has 0 unspecified atom stereocenters. The van der Waals surface area contributed by atoms with Gasteiger partial charge in [0.15, 0.2) is 0 Å². The minimum Gasteiger partial charge on any atom is -0.350 e. The number of anilines is 1. The van der Waals surface area contributed by atoms with E-state index in [9.17, 15) is 13.2 Å². The molecule has 162 valence electrons. The first kappa shape index (κ1) is 22.8. The van der Waals surface area contributed by atoms with E-state index in [2.05, 4.69) is 5.32 Å². The molecule has 0 saturated carbocycles. The van der Waals surface area contributed by atoms with Crippen LogP contribution in [0.3, 0.4) is 0 Å². The van der Waals surface area contributed by atoms with E-state index < -0.39 is 15.9 Å². The molecular weight excluding hydrogens is 432 g/mol. The predicted octanol–water partition coefficient (Wildman–Crippen LogP) is 4.72. The van der Waals surface area contributed by atoms with Crippen LogP contribution in [0.2, 0.25) is 5.02 Å². The van der Waals surface area contributed by atoms with Crippen LogP contribution in [0.4, 0.5) is 5.69 Å². The number of carbonyl (C=O) groups excluding carboxylic acids is 1. The lowest BCUT2D eigenvalue weighted by Crippen LogP contribution is -2.40. The quantitative estimate of drug-likeness (QED) is 0.533. The third-order valence-corrected chi connectivity index (χ3v) is 6.97. The predicted molar refractivity (Wildman–Crippen MR) is 125 cm³/mol. The molecule has 0 aliphatic rings. The van der Waals surface area contributed by atoms with Crippen LogP contribution in [-0.4, -0.2) is 20.9 Å². The normalized spacial score (nSPS) is 11.2. The third-order valence-electron chi connectivity index (χ3n) is 4.93. The number of benzene rings is 3. The van der Waals surface area contributed by atoms with Crippen molar-refractivity contribution in [2.45, 2.75) is 31.7 Å².